The van der Waals surface area contributed by atoms with Crippen molar-refractivity contribution in [3.8, 4) is 0 Å². The van der Waals surface area contributed by atoms with Crippen LogP contribution in [0.15, 0.2) is 0 Å². The molecule has 0 rings (SSSR count). The minimum atomic E-state index is -4.11. The van der Waals surface area contributed by atoms with Crippen LogP contribution in [0, 0.1) is 0 Å². The average Bonchev–Trinajstić information content (AvgIpc) is 2.40. The first kappa shape index (κ1) is 25.1. The molecular formula is C16H33NaO4S. The molecule has 0 saturated heterocycles. The van der Waals surface area contributed by atoms with Gasteiger partial charge in [0.1, 0.15) is 0 Å². The van der Waals surface area contributed by atoms with Gasteiger partial charge in [-0.25, -0.2) is 8.42 Å². The summed E-state index contributed by atoms with van der Waals surface area (Å²) in [5, 5.41) is 8.89. The molecule has 0 aliphatic carbocycles. The summed E-state index contributed by atoms with van der Waals surface area (Å²) in [6.45, 7) is 3.84. The molecule has 0 radical (unpaired) electrons. The molecule has 0 aromatic carbocycles. The summed E-state index contributed by atoms with van der Waals surface area (Å²) in [4.78, 5) is 0. The van der Waals surface area contributed by atoms with E-state index in [-0.39, 0.29) is 35.7 Å². The number of aliphatic hydroxyl groups is 1. The Morgan fingerprint density at radius 1 is 0.864 bits per heavy atom. The average molecular weight is 344 g/mol. The molecule has 6 heteroatoms. The van der Waals surface area contributed by atoms with E-state index < -0.39 is 15.4 Å². The molecule has 0 aliphatic heterocycles. The Bertz CT molecular complexity index is 333. The van der Waals surface area contributed by atoms with Crippen LogP contribution in [-0.2, 0) is 10.1 Å². The minimum absolute atomic E-state index is 0. The Morgan fingerprint density at radius 3 is 1.73 bits per heavy atom. The minimum Gasteiger partial charge on any atom is -0.748 e. The zero-order valence-electron chi connectivity index (χ0n) is 14.7. The fraction of sp³-hybridized carbons (Fsp3) is 1.00. The number of aliphatic hydroxyl groups excluding tert-OH is 1. The molecule has 128 valence electrons. The standard InChI is InChI=1S/C16H34O4S.Na/c1-3-12-15(17)13-10-8-6-5-7-9-11-14-16(4-2)21(18,19)20;/h15-17H,3-14H2,1-2H3,(H,18,19,20);/q;+1/p-1. The zero-order chi connectivity index (χ0) is 16.1. The van der Waals surface area contributed by atoms with Gasteiger partial charge in [-0.3, -0.25) is 0 Å². The van der Waals surface area contributed by atoms with E-state index in [2.05, 4.69) is 6.92 Å². The largest absolute Gasteiger partial charge is 1.00 e. The molecule has 2 atom stereocenters. The van der Waals surface area contributed by atoms with E-state index in [1.165, 1.54) is 6.42 Å². The monoisotopic (exact) mass is 344 g/mol. The van der Waals surface area contributed by atoms with Crippen LogP contribution in [0.2, 0.25) is 0 Å². The van der Waals surface area contributed by atoms with Gasteiger partial charge in [-0.05, 0) is 25.7 Å². The predicted molar refractivity (Wildman–Crippen MR) is 86.2 cm³/mol. The first-order chi connectivity index (χ1) is 9.91. The fourth-order valence-electron chi connectivity index (χ4n) is 2.67. The van der Waals surface area contributed by atoms with Crippen LogP contribution in [0.4, 0.5) is 0 Å². The number of rotatable bonds is 14. The van der Waals surface area contributed by atoms with Crippen molar-refractivity contribution in [2.24, 2.45) is 0 Å². The Kier molecular flexibility index (Phi) is 17.6. The maximum Gasteiger partial charge on any atom is 1.00 e. The Hall–Kier alpha value is 0.870. The third-order valence-electron chi connectivity index (χ3n) is 4.05. The van der Waals surface area contributed by atoms with Gasteiger partial charge in [0.05, 0.1) is 16.2 Å². The summed E-state index contributed by atoms with van der Waals surface area (Å²) in [7, 11) is -4.11. The molecule has 0 spiro atoms. The number of hydrogen-bond donors (Lipinski definition) is 1. The molecule has 0 fully saturated rings. The van der Waals surface area contributed by atoms with E-state index in [4.69, 9.17) is 0 Å². The number of unbranched alkanes of at least 4 members (excludes halogenated alkanes) is 6. The molecule has 0 bridgehead atoms. The summed E-state index contributed by atoms with van der Waals surface area (Å²) < 4.78 is 32.8. The topological polar surface area (TPSA) is 77.4 Å². The normalized spacial score (nSPS) is 14.4. The predicted octanol–water partition coefficient (Wildman–Crippen LogP) is 0.986. The molecular weight excluding hydrogens is 311 g/mol. The van der Waals surface area contributed by atoms with Gasteiger partial charge in [0.25, 0.3) is 0 Å². The smallest absolute Gasteiger partial charge is 0.748 e. The first-order valence-corrected chi connectivity index (χ1v) is 10.0. The van der Waals surface area contributed by atoms with Crippen LogP contribution in [0.1, 0.15) is 90.9 Å². The molecule has 22 heavy (non-hydrogen) atoms. The summed E-state index contributed by atoms with van der Waals surface area (Å²) in [5.41, 5.74) is 0. The van der Waals surface area contributed by atoms with E-state index in [0.29, 0.717) is 12.8 Å². The van der Waals surface area contributed by atoms with E-state index in [1.54, 1.807) is 6.92 Å². The SMILES string of the molecule is CCCC(O)CCCCCCCCCC(CC)S(=O)(=O)[O-].[Na+]. The fourth-order valence-corrected chi connectivity index (χ4v) is 3.53. The van der Waals surface area contributed by atoms with Gasteiger partial charge in [-0.1, -0.05) is 65.2 Å². The van der Waals surface area contributed by atoms with Gasteiger partial charge >= 0.3 is 29.6 Å². The van der Waals surface area contributed by atoms with Gasteiger partial charge in [0.15, 0.2) is 0 Å². The van der Waals surface area contributed by atoms with Crippen LogP contribution >= 0.6 is 0 Å². The number of hydrogen-bond acceptors (Lipinski definition) is 4. The maximum absolute atomic E-state index is 10.9. The van der Waals surface area contributed by atoms with Crippen LogP contribution in [0.25, 0.3) is 0 Å². The third-order valence-corrected chi connectivity index (χ3v) is 5.43. The quantitative estimate of drug-likeness (QED) is 0.290. The van der Waals surface area contributed by atoms with Gasteiger partial charge in [0, 0.05) is 5.25 Å². The van der Waals surface area contributed by atoms with Gasteiger partial charge < -0.3 is 9.66 Å². The molecule has 2 unspecified atom stereocenters. The summed E-state index contributed by atoms with van der Waals surface area (Å²) in [6.07, 6.45) is 11.2. The Labute approximate surface area is 159 Å². The van der Waals surface area contributed by atoms with Crippen molar-refractivity contribution >= 4 is 10.1 Å². The van der Waals surface area contributed by atoms with Crippen molar-refractivity contribution in [2.45, 2.75) is 102 Å². The first-order valence-electron chi connectivity index (χ1n) is 8.54. The van der Waals surface area contributed by atoms with Gasteiger partial charge in [0.2, 0.25) is 0 Å². The molecule has 0 aromatic rings. The van der Waals surface area contributed by atoms with E-state index in [9.17, 15) is 18.1 Å². The summed E-state index contributed by atoms with van der Waals surface area (Å²) in [6, 6.07) is 0. The van der Waals surface area contributed by atoms with Crippen molar-refractivity contribution in [2.75, 3.05) is 0 Å². The van der Waals surface area contributed by atoms with E-state index >= 15 is 0 Å². The van der Waals surface area contributed by atoms with Gasteiger partial charge in [-0.15, -0.1) is 0 Å². The van der Waals surface area contributed by atoms with Crippen molar-refractivity contribution in [1.82, 2.24) is 0 Å². The van der Waals surface area contributed by atoms with Crippen molar-refractivity contribution in [3.63, 3.8) is 0 Å². The second-order valence-electron chi connectivity index (χ2n) is 6.02. The van der Waals surface area contributed by atoms with Crippen molar-refractivity contribution in [3.05, 3.63) is 0 Å². The molecule has 0 aromatic heterocycles. The maximum atomic E-state index is 10.9. The summed E-state index contributed by atoms with van der Waals surface area (Å²) >= 11 is 0. The molecule has 0 saturated carbocycles. The van der Waals surface area contributed by atoms with Crippen LogP contribution < -0.4 is 29.6 Å². The molecule has 0 aliphatic rings. The molecule has 0 amide bonds. The van der Waals surface area contributed by atoms with Gasteiger partial charge in [-0.2, -0.15) is 0 Å². The summed E-state index contributed by atoms with van der Waals surface area (Å²) in [5.74, 6) is 0. The second-order valence-corrected chi connectivity index (χ2v) is 7.67. The molecule has 0 heterocycles. The van der Waals surface area contributed by atoms with E-state index in [1.807, 2.05) is 0 Å². The molecule has 1 N–H and O–H groups in total. The Morgan fingerprint density at radius 2 is 1.32 bits per heavy atom. The zero-order valence-corrected chi connectivity index (χ0v) is 17.5. The van der Waals surface area contributed by atoms with Crippen LogP contribution in [-0.4, -0.2) is 29.4 Å². The van der Waals surface area contributed by atoms with Crippen LogP contribution in [0.5, 0.6) is 0 Å². The third kappa shape index (κ3) is 14.5. The van der Waals surface area contributed by atoms with Crippen molar-refractivity contribution in [1.29, 1.82) is 0 Å². The van der Waals surface area contributed by atoms with Crippen LogP contribution in [0.3, 0.4) is 0 Å². The second kappa shape index (κ2) is 15.4. The van der Waals surface area contributed by atoms with E-state index in [0.717, 1.165) is 57.8 Å². The molecule has 4 nitrogen and oxygen atoms in total. The Balaban J connectivity index is 0. The van der Waals surface area contributed by atoms with Crippen molar-refractivity contribution < 1.29 is 47.6 Å².